The standard InChI is InChI=1S/C14H17N7.ClH/c1-3-13-18-20-14(21(13)15)19-16-8-11-9(2)17-12-7-5-4-6-10(11)12;/h4-8,17H,3,15H2,1-2H3,(H,19,20);1H/b16-8+;. The molecule has 0 amide bonds. The molecule has 1 aromatic carbocycles. The van der Waals surface area contributed by atoms with Gasteiger partial charge >= 0.3 is 0 Å². The average Bonchev–Trinajstić information content (AvgIpc) is 3.00. The van der Waals surface area contributed by atoms with Crippen LogP contribution in [0.2, 0.25) is 0 Å². The lowest BCUT2D eigenvalue weighted by atomic mass is 10.1. The van der Waals surface area contributed by atoms with E-state index in [-0.39, 0.29) is 12.4 Å². The van der Waals surface area contributed by atoms with Crippen LogP contribution in [0.4, 0.5) is 5.95 Å². The molecule has 2 aromatic heterocycles. The van der Waals surface area contributed by atoms with Crippen LogP contribution >= 0.6 is 12.4 Å². The Morgan fingerprint density at radius 3 is 2.86 bits per heavy atom. The molecule has 3 rings (SSSR count). The lowest BCUT2D eigenvalue weighted by Gasteiger charge is -2.00. The van der Waals surface area contributed by atoms with Crippen molar-refractivity contribution < 1.29 is 0 Å². The molecule has 3 aromatic rings. The van der Waals surface area contributed by atoms with Crippen molar-refractivity contribution in [2.75, 3.05) is 11.3 Å². The van der Waals surface area contributed by atoms with Crippen LogP contribution in [0.15, 0.2) is 29.4 Å². The number of aromatic nitrogens is 4. The highest BCUT2D eigenvalue weighted by molar-refractivity contribution is 6.00. The molecule has 0 spiro atoms. The van der Waals surface area contributed by atoms with Crippen LogP contribution in [0.3, 0.4) is 0 Å². The molecule has 7 nitrogen and oxygen atoms in total. The molecule has 0 fully saturated rings. The second-order valence-electron chi connectivity index (χ2n) is 4.74. The number of benzene rings is 1. The van der Waals surface area contributed by atoms with Crippen molar-refractivity contribution in [1.82, 2.24) is 19.9 Å². The first kappa shape index (κ1) is 15.8. The van der Waals surface area contributed by atoms with E-state index in [4.69, 9.17) is 5.84 Å². The van der Waals surface area contributed by atoms with E-state index in [0.717, 1.165) is 28.6 Å². The number of H-pyrrole nitrogens is 1. The molecule has 0 unspecified atom stereocenters. The van der Waals surface area contributed by atoms with Gasteiger partial charge in [0.25, 0.3) is 5.95 Å². The van der Waals surface area contributed by atoms with Gasteiger partial charge in [-0.3, -0.25) is 0 Å². The number of aryl methyl sites for hydroxylation is 2. The Kier molecular flexibility index (Phi) is 4.67. The number of fused-ring (bicyclic) bond motifs is 1. The number of halogens is 1. The molecule has 0 radical (unpaired) electrons. The minimum absolute atomic E-state index is 0. The maximum absolute atomic E-state index is 5.84. The number of hydrazone groups is 1. The molecule has 2 heterocycles. The summed E-state index contributed by atoms with van der Waals surface area (Å²) in [7, 11) is 0. The van der Waals surface area contributed by atoms with Gasteiger partial charge in [0.05, 0.1) is 6.21 Å². The Labute approximate surface area is 134 Å². The van der Waals surface area contributed by atoms with E-state index in [2.05, 4.69) is 31.8 Å². The first-order valence-corrected chi connectivity index (χ1v) is 6.76. The van der Waals surface area contributed by atoms with Crippen LogP contribution in [0.5, 0.6) is 0 Å². The largest absolute Gasteiger partial charge is 0.358 e. The molecular formula is C14H18ClN7. The van der Waals surface area contributed by atoms with Gasteiger partial charge in [-0.05, 0) is 13.0 Å². The monoisotopic (exact) mass is 319 g/mol. The molecule has 0 saturated heterocycles. The van der Waals surface area contributed by atoms with Gasteiger partial charge < -0.3 is 10.8 Å². The molecule has 0 bridgehead atoms. The fraction of sp³-hybridized carbons (Fsp3) is 0.214. The lowest BCUT2D eigenvalue weighted by Crippen LogP contribution is -2.14. The first-order valence-electron chi connectivity index (χ1n) is 6.76. The van der Waals surface area contributed by atoms with Gasteiger partial charge in [-0.1, -0.05) is 25.1 Å². The number of aromatic amines is 1. The van der Waals surface area contributed by atoms with Crippen molar-refractivity contribution >= 4 is 35.5 Å². The molecule has 8 heteroatoms. The quantitative estimate of drug-likeness (QED) is 0.390. The SMILES string of the molecule is CCc1nnc(N/N=C/c2c(C)[nH]c3ccccc23)n1N.Cl. The summed E-state index contributed by atoms with van der Waals surface area (Å²) in [5.41, 5.74) is 6.01. The number of nitrogens with two attached hydrogens (primary N) is 1. The third-order valence-corrected chi connectivity index (χ3v) is 3.38. The molecule has 0 aliphatic carbocycles. The Morgan fingerprint density at radius 1 is 1.36 bits per heavy atom. The third-order valence-electron chi connectivity index (χ3n) is 3.38. The predicted octanol–water partition coefficient (Wildman–Crippen LogP) is 2.21. The summed E-state index contributed by atoms with van der Waals surface area (Å²) < 4.78 is 1.40. The van der Waals surface area contributed by atoms with Crippen molar-refractivity contribution in [3.63, 3.8) is 0 Å². The Balaban J connectivity index is 0.00000176. The van der Waals surface area contributed by atoms with Crippen LogP contribution in [0, 0.1) is 6.92 Å². The maximum atomic E-state index is 5.84. The summed E-state index contributed by atoms with van der Waals surface area (Å²) in [5, 5.41) is 13.2. The van der Waals surface area contributed by atoms with Crippen molar-refractivity contribution in [3.05, 3.63) is 41.3 Å². The molecule has 4 N–H and O–H groups in total. The zero-order valence-corrected chi connectivity index (χ0v) is 13.2. The molecule has 0 saturated carbocycles. The summed E-state index contributed by atoms with van der Waals surface area (Å²) in [5.74, 6) is 6.96. The summed E-state index contributed by atoms with van der Waals surface area (Å²) in [6, 6.07) is 8.10. The highest BCUT2D eigenvalue weighted by Gasteiger charge is 2.07. The Hall–Kier alpha value is -2.54. The fourth-order valence-electron chi connectivity index (χ4n) is 2.26. The van der Waals surface area contributed by atoms with Gasteiger partial charge in [0.15, 0.2) is 5.82 Å². The number of nitrogen functional groups attached to an aromatic ring is 1. The third kappa shape index (κ3) is 2.75. The predicted molar refractivity (Wildman–Crippen MR) is 91.1 cm³/mol. The highest BCUT2D eigenvalue weighted by atomic mass is 35.5. The van der Waals surface area contributed by atoms with E-state index in [1.54, 1.807) is 6.21 Å². The number of nitrogens with zero attached hydrogens (tertiary/aromatic N) is 4. The van der Waals surface area contributed by atoms with Gasteiger partial charge in [0.1, 0.15) is 0 Å². The molecule has 0 aliphatic rings. The van der Waals surface area contributed by atoms with E-state index in [1.807, 2.05) is 32.0 Å². The van der Waals surface area contributed by atoms with Gasteiger partial charge in [0, 0.05) is 28.6 Å². The normalized spacial score (nSPS) is 11.0. The topological polar surface area (TPSA) is 96.9 Å². The maximum Gasteiger partial charge on any atom is 0.263 e. The summed E-state index contributed by atoms with van der Waals surface area (Å²) in [4.78, 5) is 3.32. The molecule has 22 heavy (non-hydrogen) atoms. The van der Waals surface area contributed by atoms with Gasteiger partial charge in [-0.25, -0.2) is 10.1 Å². The van der Waals surface area contributed by atoms with E-state index in [1.165, 1.54) is 4.68 Å². The van der Waals surface area contributed by atoms with Crippen molar-refractivity contribution in [1.29, 1.82) is 0 Å². The van der Waals surface area contributed by atoms with Crippen LogP contribution in [-0.4, -0.2) is 26.1 Å². The lowest BCUT2D eigenvalue weighted by molar-refractivity contribution is 0.855. The number of hydrogen-bond donors (Lipinski definition) is 3. The van der Waals surface area contributed by atoms with Crippen LogP contribution in [0.25, 0.3) is 10.9 Å². The van der Waals surface area contributed by atoms with Gasteiger partial charge in [-0.15, -0.1) is 22.6 Å². The highest BCUT2D eigenvalue weighted by Crippen LogP contribution is 2.19. The van der Waals surface area contributed by atoms with Crippen LogP contribution < -0.4 is 11.3 Å². The minimum Gasteiger partial charge on any atom is -0.358 e. The van der Waals surface area contributed by atoms with Crippen molar-refractivity contribution in [2.45, 2.75) is 20.3 Å². The van der Waals surface area contributed by atoms with Crippen LogP contribution in [-0.2, 0) is 6.42 Å². The molecule has 0 atom stereocenters. The number of anilines is 1. The first-order chi connectivity index (χ1) is 10.2. The van der Waals surface area contributed by atoms with E-state index in [9.17, 15) is 0 Å². The number of hydrogen-bond acceptors (Lipinski definition) is 5. The average molecular weight is 320 g/mol. The van der Waals surface area contributed by atoms with E-state index in [0.29, 0.717) is 11.8 Å². The summed E-state index contributed by atoms with van der Waals surface area (Å²) in [6.45, 7) is 3.98. The Bertz CT molecular complexity index is 803. The number of rotatable bonds is 4. The summed E-state index contributed by atoms with van der Waals surface area (Å²) >= 11 is 0. The van der Waals surface area contributed by atoms with Crippen molar-refractivity contribution in [2.24, 2.45) is 5.10 Å². The van der Waals surface area contributed by atoms with Crippen molar-refractivity contribution in [3.8, 4) is 0 Å². The summed E-state index contributed by atoms with van der Waals surface area (Å²) in [6.07, 6.45) is 2.48. The molecule has 116 valence electrons. The van der Waals surface area contributed by atoms with E-state index < -0.39 is 0 Å². The second kappa shape index (κ2) is 6.48. The van der Waals surface area contributed by atoms with E-state index >= 15 is 0 Å². The Morgan fingerprint density at radius 2 is 2.14 bits per heavy atom. The molecule has 0 aliphatic heterocycles. The number of nitrogens with one attached hydrogen (secondary N) is 2. The minimum atomic E-state index is 0. The fourth-order valence-corrected chi connectivity index (χ4v) is 2.26. The zero-order chi connectivity index (χ0) is 14.8. The van der Waals surface area contributed by atoms with Crippen LogP contribution in [0.1, 0.15) is 24.0 Å². The molecular weight excluding hydrogens is 302 g/mol. The van der Waals surface area contributed by atoms with Gasteiger partial charge in [0.2, 0.25) is 0 Å². The smallest absolute Gasteiger partial charge is 0.263 e. The zero-order valence-electron chi connectivity index (χ0n) is 12.4. The van der Waals surface area contributed by atoms with Gasteiger partial charge in [-0.2, -0.15) is 5.10 Å². The second-order valence-corrected chi connectivity index (χ2v) is 4.74. The number of para-hydroxylation sites is 1.